The van der Waals surface area contributed by atoms with Gasteiger partial charge in [-0.2, -0.15) is 0 Å². The zero-order chi connectivity index (χ0) is 15.4. The van der Waals surface area contributed by atoms with E-state index in [4.69, 9.17) is 0 Å². The van der Waals surface area contributed by atoms with Gasteiger partial charge in [0.05, 0.1) is 6.10 Å². The highest BCUT2D eigenvalue weighted by atomic mass is 16.3. The molecule has 0 bridgehead atoms. The molecule has 1 N–H and O–H groups in total. The third-order valence-electron chi connectivity index (χ3n) is 4.32. The zero-order valence-electron chi connectivity index (χ0n) is 12.9. The fourth-order valence-corrected chi connectivity index (χ4v) is 3.14. The van der Waals surface area contributed by atoms with Gasteiger partial charge in [0.2, 0.25) is 0 Å². The van der Waals surface area contributed by atoms with Crippen LogP contribution in [0.15, 0.2) is 72.8 Å². The topological polar surface area (TPSA) is 20.2 Å². The Morgan fingerprint density at radius 2 is 1.45 bits per heavy atom. The average Bonchev–Trinajstić information content (AvgIpc) is 2.59. The Kier molecular flexibility index (Phi) is 4.55. The first-order chi connectivity index (χ1) is 10.8. The van der Waals surface area contributed by atoms with Crippen molar-refractivity contribution in [1.29, 1.82) is 0 Å². The molecule has 0 aliphatic carbocycles. The van der Waals surface area contributed by atoms with Gasteiger partial charge in [-0.05, 0) is 28.3 Å². The van der Waals surface area contributed by atoms with Crippen LogP contribution < -0.4 is 0 Å². The predicted molar refractivity (Wildman–Crippen MR) is 93.0 cm³/mol. The molecule has 2 atom stereocenters. The maximum absolute atomic E-state index is 10.8. The second-order valence-corrected chi connectivity index (χ2v) is 5.86. The second kappa shape index (κ2) is 6.76. The first kappa shape index (κ1) is 14.8. The van der Waals surface area contributed by atoms with Crippen molar-refractivity contribution < 1.29 is 5.11 Å². The highest BCUT2D eigenvalue weighted by Crippen LogP contribution is 2.35. The third kappa shape index (κ3) is 3.05. The standard InChI is InChI=1S/C21H22O/c1-2-8-20(21(22)17-10-4-3-5-11-17)19-14-13-16-9-6-7-12-18(16)15-19/h3-7,9-15,20-22H,2,8H2,1H3/t20-,21-/m1/s1. The molecule has 0 unspecified atom stereocenters. The number of fused-ring (bicyclic) bond motifs is 1. The van der Waals surface area contributed by atoms with Crippen LogP contribution in [-0.2, 0) is 0 Å². The van der Waals surface area contributed by atoms with Crippen molar-refractivity contribution in [3.8, 4) is 0 Å². The van der Waals surface area contributed by atoms with Gasteiger partial charge in [-0.1, -0.05) is 86.1 Å². The molecule has 112 valence electrons. The Morgan fingerprint density at radius 1 is 0.773 bits per heavy atom. The molecule has 0 spiro atoms. The van der Waals surface area contributed by atoms with Gasteiger partial charge in [0.25, 0.3) is 0 Å². The molecule has 0 saturated heterocycles. The first-order valence-corrected chi connectivity index (χ1v) is 8.01. The van der Waals surface area contributed by atoms with Crippen molar-refractivity contribution in [2.45, 2.75) is 31.8 Å². The van der Waals surface area contributed by atoms with Crippen LogP contribution >= 0.6 is 0 Å². The summed E-state index contributed by atoms with van der Waals surface area (Å²) < 4.78 is 0. The van der Waals surface area contributed by atoms with Gasteiger partial charge in [0, 0.05) is 5.92 Å². The molecule has 0 aliphatic rings. The highest BCUT2D eigenvalue weighted by molar-refractivity contribution is 5.83. The van der Waals surface area contributed by atoms with Crippen LogP contribution in [0.25, 0.3) is 10.8 Å². The molecule has 3 aromatic carbocycles. The lowest BCUT2D eigenvalue weighted by Crippen LogP contribution is -2.11. The summed E-state index contributed by atoms with van der Waals surface area (Å²) in [6, 6.07) is 24.9. The molecule has 0 fully saturated rings. The molecular weight excluding hydrogens is 268 g/mol. The smallest absolute Gasteiger partial charge is 0.0858 e. The quantitative estimate of drug-likeness (QED) is 0.661. The lowest BCUT2D eigenvalue weighted by atomic mass is 9.85. The van der Waals surface area contributed by atoms with E-state index < -0.39 is 6.10 Å². The van der Waals surface area contributed by atoms with E-state index in [9.17, 15) is 5.11 Å². The Bertz CT molecular complexity index is 733. The summed E-state index contributed by atoms with van der Waals surface area (Å²) in [5.41, 5.74) is 2.21. The van der Waals surface area contributed by atoms with E-state index in [2.05, 4.69) is 49.4 Å². The Hall–Kier alpha value is -2.12. The summed E-state index contributed by atoms with van der Waals surface area (Å²) in [5.74, 6) is 0.136. The van der Waals surface area contributed by atoms with E-state index in [0.29, 0.717) is 0 Å². The molecule has 22 heavy (non-hydrogen) atoms. The number of aliphatic hydroxyl groups excluding tert-OH is 1. The highest BCUT2D eigenvalue weighted by Gasteiger charge is 2.22. The predicted octanol–water partition coefficient (Wildman–Crippen LogP) is 5.46. The Labute approximate surface area is 132 Å². The maximum Gasteiger partial charge on any atom is 0.0858 e. The van der Waals surface area contributed by atoms with E-state index in [1.54, 1.807) is 0 Å². The minimum atomic E-state index is -0.456. The van der Waals surface area contributed by atoms with Crippen molar-refractivity contribution in [3.05, 3.63) is 83.9 Å². The molecule has 3 rings (SSSR count). The van der Waals surface area contributed by atoms with Crippen LogP contribution in [-0.4, -0.2) is 5.11 Å². The van der Waals surface area contributed by atoms with Crippen molar-refractivity contribution >= 4 is 10.8 Å². The summed E-state index contributed by atoms with van der Waals surface area (Å²) in [6.45, 7) is 2.17. The minimum Gasteiger partial charge on any atom is -0.388 e. The van der Waals surface area contributed by atoms with Gasteiger partial charge in [0.1, 0.15) is 0 Å². The van der Waals surface area contributed by atoms with Crippen LogP contribution in [0.2, 0.25) is 0 Å². The normalized spacial score (nSPS) is 13.9. The summed E-state index contributed by atoms with van der Waals surface area (Å²) >= 11 is 0. The molecule has 0 aromatic heterocycles. The Balaban J connectivity index is 1.98. The van der Waals surface area contributed by atoms with E-state index in [0.717, 1.165) is 18.4 Å². The molecule has 0 heterocycles. The molecule has 0 saturated carbocycles. The van der Waals surface area contributed by atoms with Crippen LogP contribution in [0.4, 0.5) is 0 Å². The summed E-state index contributed by atoms with van der Waals surface area (Å²) in [7, 11) is 0. The number of hydrogen-bond acceptors (Lipinski definition) is 1. The number of rotatable bonds is 5. The van der Waals surface area contributed by atoms with E-state index in [-0.39, 0.29) is 5.92 Å². The van der Waals surface area contributed by atoms with Crippen LogP contribution in [0, 0.1) is 0 Å². The fourth-order valence-electron chi connectivity index (χ4n) is 3.14. The largest absolute Gasteiger partial charge is 0.388 e. The third-order valence-corrected chi connectivity index (χ3v) is 4.32. The van der Waals surface area contributed by atoms with Crippen LogP contribution in [0.5, 0.6) is 0 Å². The summed E-state index contributed by atoms with van der Waals surface area (Å²) in [4.78, 5) is 0. The zero-order valence-corrected chi connectivity index (χ0v) is 12.9. The monoisotopic (exact) mass is 290 g/mol. The summed E-state index contributed by atoms with van der Waals surface area (Å²) in [5, 5.41) is 13.3. The van der Waals surface area contributed by atoms with Crippen molar-refractivity contribution in [3.63, 3.8) is 0 Å². The fraction of sp³-hybridized carbons (Fsp3) is 0.238. The average molecular weight is 290 g/mol. The molecule has 1 heteroatoms. The van der Waals surface area contributed by atoms with Gasteiger partial charge in [-0.15, -0.1) is 0 Å². The van der Waals surface area contributed by atoms with Crippen molar-refractivity contribution in [1.82, 2.24) is 0 Å². The van der Waals surface area contributed by atoms with Gasteiger partial charge in [-0.3, -0.25) is 0 Å². The van der Waals surface area contributed by atoms with Crippen molar-refractivity contribution in [2.75, 3.05) is 0 Å². The molecular formula is C21H22O. The van der Waals surface area contributed by atoms with Crippen LogP contribution in [0.1, 0.15) is 42.9 Å². The first-order valence-electron chi connectivity index (χ1n) is 8.01. The molecule has 0 aliphatic heterocycles. The van der Waals surface area contributed by atoms with E-state index >= 15 is 0 Å². The second-order valence-electron chi connectivity index (χ2n) is 5.86. The summed E-state index contributed by atoms with van der Waals surface area (Å²) in [6.07, 6.45) is 1.58. The Morgan fingerprint density at radius 3 is 2.18 bits per heavy atom. The minimum absolute atomic E-state index is 0.136. The number of benzene rings is 3. The van der Waals surface area contributed by atoms with E-state index in [1.807, 2.05) is 30.3 Å². The molecule has 1 nitrogen and oxygen atoms in total. The lowest BCUT2D eigenvalue weighted by Gasteiger charge is -2.24. The maximum atomic E-state index is 10.8. The van der Waals surface area contributed by atoms with Gasteiger partial charge in [0.15, 0.2) is 0 Å². The van der Waals surface area contributed by atoms with Gasteiger partial charge in [-0.25, -0.2) is 0 Å². The van der Waals surface area contributed by atoms with Crippen LogP contribution in [0.3, 0.4) is 0 Å². The molecule has 0 radical (unpaired) electrons. The van der Waals surface area contributed by atoms with Crippen molar-refractivity contribution in [2.24, 2.45) is 0 Å². The van der Waals surface area contributed by atoms with Gasteiger partial charge < -0.3 is 5.11 Å². The molecule has 3 aromatic rings. The van der Waals surface area contributed by atoms with E-state index in [1.165, 1.54) is 16.3 Å². The lowest BCUT2D eigenvalue weighted by molar-refractivity contribution is 0.140. The number of hydrogen-bond donors (Lipinski definition) is 1. The SMILES string of the molecule is CCC[C@H](c1ccc2ccccc2c1)[C@H](O)c1ccccc1. The molecule has 0 amide bonds. The number of aliphatic hydroxyl groups is 1. The van der Waals surface area contributed by atoms with Gasteiger partial charge >= 0.3 is 0 Å².